The zero-order valence-electron chi connectivity index (χ0n) is 11.5. The Kier molecular flexibility index (Phi) is 5.76. The Morgan fingerprint density at radius 2 is 2.18 bits per heavy atom. The van der Waals surface area contributed by atoms with Crippen LogP contribution >= 0.6 is 11.6 Å². The van der Waals surface area contributed by atoms with Crippen molar-refractivity contribution in [2.75, 3.05) is 13.2 Å². The van der Waals surface area contributed by atoms with Crippen molar-refractivity contribution in [1.82, 2.24) is 0 Å². The fourth-order valence-electron chi connectivity index (χ4n) is 1.68. The summed E-state index contributed by atoms with van der Waals surface area (Å²) in [4.78, 5) is 10.3. The molecule has 22 heavy (non-hydrogen) atoms. The molecule has 0 aliphatic heterocycles. The van der Waals surface area contributed by atoms with Gasteiger partial charge in [0.2, 0.25) is 0 Å². The van der Waals surface area contributed by atoms with Gasteiger partial charge in [-0.05, 0) is 24.3 Å². The number of hydrogen-bond acceptors (Lipinski definition) is 6. The number of aliphatic hydroxyl groups excluding tert-OH is 1. The van der Waals surface area contributed by atoms with E-state index < -0.39 is 11.0 Å². The minimum atomic E-state index is -0.926. The van der Waals surface area contributed by atoms with Crippen LogP contribution in [-0.4, -0.2) is 29.3 Å². The first-order valence-electron chi connectivity index (χ1n) is 6.41. The number of furan rings is 1. The molecule has 2 rings (SSSR count). The fraction of sp³-hybridized carbons (Fsp3) is 0.286. The van der Waals surface area contributed by atoms with E-state index in [1.54, 1.807) is 12.1 Å². The monoisotopic (exact) mass is 327 g/mol. The first kappa shape index (κ1) is 16.3. The number of nitro benzene ring substituents is 1. The number of nitro groups is 1. The van der Waals surface area contributed by atoms with Crippen molar-refractivity contribution in [3.63, 3.8) is 0 Å². The highest BCUT2D eigenvalue weighted by Crippen LogP contribution is 2.29. The Hall–Kier alpha value is -2.09. The topological polar surface area (TPSA) is 95.0 Å². The van der Waals surface area contributed by atoms with Gasteiger partial charge in [-0.2, -0.15) is 0 Å². The molecule has 1 N–H and O–H groups in total. The Labute approximate surface area is 131 Å². The zero-order valence-corrected chi connectivity index (χ0v) is 12.2. The van der Waals surface area contributed by atoms with Gasteiger partial charge in [0.1, 0.15) is 25.1 Å². The molecule has 1 heterocycles. The van der Waals surface area contributed by atoms with Gasteiger partial charge in [-0.15, -0.1) is 0 Å². The first-order chi connectivity index (χ1) is 10.6. The maximum atomic E-state index is 10.9. The highest BCUT2D eigenvalue weighted by atomic mass is 35.5. The van der Waals surface area contributed by atoms with Gasteiger partial charge in [0, 0.05) is 11.1 Å². The minimum absolute atomic E-state index is 0.0160. The van der Waals surface area contributed by atoms with Gasteiger partial charge < -0.3 is 19.0 Å². The Morgan fingerprint density at radius 3 is 2.86 bits per heavy atom. The molecule has 0 spiro atoms. The maximum absolute atomic E-state index is 10.9. The summed E-state index contributed by atoms with van der Waals surface area (Å²) in [5, 5.41) is 20.9. The van der Waals surface area contributed by atoms with E-state index in [4.69, 9.17) is 25.5 Å². The number of benzene rings is 1. The summed E-state index contributed by atoms with van der Waals surface area (Å²) in [6, 6.07) is 7.54. The Morgan fingerprint density at radius 1 is 1.36 bits per heavy atom. The van der Waals surface area contributed by atoms with Crippen molar-refractivity contribution in [1.29, 1.82) is 0 Å². The highest BCUT2D eigenvalue weighted by molar-refractivity contribution is 6.30. The minimum Gasteiger partial charge on any atom is -0.484 e. The molecule has 0 fully saturated rings. The molecule has 2 aromatic rings. The lowest BCUT2D eigenvalue weighted by Gasteiger charge is -2.12. The second-order valence-corrected chi connectivity index (χ2v) is 4.86. The third-order valence-electron chi connectivity index (χ3n) is 2.68. The van der Waals surface area contributed by atoms with Crippen LogP contribution in [0, 0.1) is 10.1 Å². The lowest BCUT2D eigenvalue weighted by atomic mass is 10.3. The second kappa shape index (κ2) is 7.79. The lowest BCUT2D eigenvalue weighted by molar-refractivity contribution is -0.385. The summed E-state index contributed by atoms with van der Waals surface area (Å²) in [5.41, 5.74) is -0.254. The van der Waals surface area contributed by atoms with Gasteiger partial charge in [-0.25, -0.2) is 0 Å². The lowest BCUT2D eigenvalue weighted by Crippen LogP contribution is -2.23. The number of aliphatic hydroxyl groups is 1. The summed E-state index contributed by atoms with van der Waals surface area (Å²) >= 11 is 5.70. The molecule has 0 aliphatic carbocycles. The smallest absolute Gasteiger partial charge is 0.312 e. The number of hydrogen-bond donors (Lipinski definition) is 1. The third-order valence-corrected chi connectivity index (χ3v) is 2.92. The molecule has 118 valence electrons. The first-order valence-corrected chi connectivity index (χ1v) is 6.79. The van der Waals surface area contributed by atoms with Crippen LogP contribution in [0.5, 0.6) is 5.75 Å². The van der Waals surface area contributed by atoms with Gasteiger partial charge in [0.15, 0.2) is 5.75 Å². The van der Waals surface area contributed by atoms with E-state index in [1.165, 1.54) is 24.5 Å². The van der Waals surface area contributed by atoms with Crippen LogP contribution in [0.1, 0.15) is 5.76 Å². The van der Waals surface area contributed by atoms with Crippen molar-refractivity contribution in [2.24, 2.45) is 0 Å². The largest absolute Gasteiger partial charge is 0.484 e. The number of ether oxygens (including phenoxy) is 2. The molecule has 1 aromatic carbocycles. The molecule has 1 atom stereocenters. The van der Waals surface area contributed by atoms with Crippen LogP contribution in [0.4, 0.5) is 5.69 Å². The molecule has 7 nitrogen and oxygen atoms in total. The van der Waals surface area contributed by atoms with Gasteiger partial charge in [0.25, 0.3) is 0 Å². The molecule has 8 heteroatoms. The second-order valence-electron chi connectivity index (χ2n) is 4.43. The van der Waals surface area contributed by atoms with Gasteiger partial charge >= 0.3 is 5.69 Å². The summed E-state index contributed by atoms with van der Waals surface area (Å²) in [5.74, 6) is 0.681. The molecule has 0 aliphatic rings. The van der Waals surface area contributed by atoms with E-state index in [9.17, 15) is 15.2 Å². The number of rotatable bonds is 8. The molecule has 1 unspecified atom stereocenters. The molecular formula is C14H14ClNO6. The van der Waals surface area contributed by atoms with E-state index in [1.807, 2.05) is 0 Å². The standard InChI is InChI=1S/C14H14ClNO6/c15-10-3-4-14(13(6-10)16(18)19)22-8-11(17)7-20-9-12-2-1-5-21-12/h1-6,11,17H,7-9H2. The van der Waals surface area contributed by atoms with Crippen LogP contribution in [0.15, 0.2) is 41.0 Å². The van der Waals surface area contributed by atoms with Crippen LogP contribution in [0.3, 0.4) is 0 Å². The van der Waals surface area contributed by atoms with Crippen LogP contribution in [0.25, 0.3) is 0 Å². The van der Waals surface area contributed by atoms with Crippen molar-refractivity contribution in [2.45, 2.75) is 12.7 Å². The van der Waals surface area contributed by atoms with Crippen molar-refractivity contribution in [3.05, 3.63) is 57.5 Å². The van der Waals surface area contributed by atoms with Crippen molar-refractivity contribution >= 4 is 17.3 Å². The van der Waals surface area contributed by atoms with Crippen LogP contribution in [0.2, 0.25) is 5.02 Å². The van der Waals surface area contributed by atoms with Gasteiger partial charge in [-0.1, -0.05) is 11.6 Å². The van der Waals surface area contributed by atoms with Gasteiger partial charge in [0.05, 0.1) is 17.8 Å². The summed E-state index contributed by atoms with van der Waals surface area (Å²) in [7, 11) is 0. The number of halogens is 1. The summed E-state index contributed by atoms with van der Waals surface area (Å²) in [6.07, 6.45) is 0.600. The summed E-state index contributed by atoms with van der Waals surface area (Å²) < 4.78 is 15.6. The summed E-state index contributed by atoms with van der Waals surface area (Å²) in [6.45, 7) is 0.105. The van der Waals surface area contributed by atoms with E-state index in [0.717, 1.165) is 0 Å². The molecular weight excluding hydrogens is 314 g/mol. The van der Waals surface area contributed by atoms with Gasteiger partial charge in [-0.3, -0.25) is 10.1 Å². The molecule has 0 bridgehead atoms. The third kappa shape index (κ3) is 4.73. The quantitative estimate of drug-likeness (QED) is 0.591. The van der Waals surface area contributed by atoms with E-state index in [2.05, 4.69) is 0 Å². The zero-order chi connectivity index (χ0) is 15.9. The SMILES string of the molecule is O=[N+]([O-])c1cc(Cl)ccc1OCC(O)COCc1ccco1. The van der Waals surface area contributed by atoms with E-state index in [0.29, 0.717) is 5.76 Å². The normalized spacial score (nSPS) is 12.1. The average molecular weight is 328 g/mol. The van der Waals surface area contributed by atoms with Crippen molar-refractivity contribution in [3.8, 4) is 5.75 Å². The van der Waals surface area contributed by atoms with Crippen LogP contribution in [-0.2, 0) is 11.3 Å². The predicted octanol–water partition coefficient (Wildman–Crippen LogP) is 2.80. The Balaban J connectivity index is 1.80. The van der Waals surface area contributed by atoms with E-state index in [-0.39, 0.29) is 36.3 Å². The predicted molar refractivity (Wildman–Crippen MR) is 78.0 cm³/mol. The fourth-order valence-corrected chi connectivity index (χ4v) is 1.85. The van der Waals surface area contributed by atoms with Crippen molar-refractivity contribution < 1.29 is 23.9 Å². The molecule has 0 saturated carbocycles. The molecule has 1 aromatic heterocycles. The molecule has 0 radical (unpaired) electrons. The highest BCUT2D eigenvalue weighted by Gasteiger charge is 2.17. The van der Waals surface area contributed by atoms with Crippen LogP contribution < -0.4 is 4.74 Å². The molecule has 0 saturated heterocycles. The van der Waals surface area contributed by atoms with E-state index >= 15 is 0 Å². The number of nitrogens with zero attached hydrogens (tertiary/aromatic N) is 1. The average Bonchev–Trinajstić information content (AvgIpc) is 2.99. The Bertz CT molecular complexity index is 616. The maximum Gasteiger partial charge on any atom is 0.312 e. The molecule has 0 amide bonds.